The molecule has 0 saturated carbocycles. The van der Waals surface area contributed by atoms with Crippen molar-refractivity contribution in [3.63, 3.8) is 0 Å². The molecule has 0 aliphatic rings. The highest BCUT2D eigenvalue weighted by molar-refractivity contribution is 5.68. The largest absolute Gasteiger partial charge is 0.372 e. The molecular formula is C32H38N4. The van der Waals surface area contributed by atoms with Gasteiger partial charge in [0.25, 0.3) is 0 Å². The van der Waals surface area contributed by atoms with Gasteiger partial charge in [-0.05, 0) is 100 Å². The van der Waals surface area contributed by atoms with Crippen LogP contribution >= 0.6 is 0 Å². The molecule has 0 atom stereocenters. The fourth-order valence-electron chi connectivity index (χ4n) is 4.71. The van der Waals surface area contributed by atoms with Gasteiger partial charge < -0.3 is 9.80 Å². The Kier molecular flexibility index (Phi) is 7.44. The van der Waals surface area contributed by atoms with Crippen LogP contribution in [-0.2, 0) is 0 Å². The summed E-state index contributed by atoms with van der Waals surface area (Å²) in [6.45, 7) is 14.7. The van der Waals surface area contributed by atoms with Crippen LogP contribution in [0, 0.1) is 41.5 Å². The molecule has 0 aliphatic heterocycles. The minimum atomic E-state index is 0.887. The number of likely N-dealkylation sites (N-methyl/N-ethyl adjacent to an activating group) is 2. The quantitative estimate of drug-likeness (QED) is 0.280. The first-order valence-corrected chi connectivity index (χ1v) is 12.6. The minimum Gasteiger partial charge on any atom is -0.372 e. The molecule has 0 amide bonds. The summed E-state index contributed by atoms with van der Waals surface area (Å²) in [5, 5.41) is 0. The number of anilines is 2. The average Bonchev–Trinajstić information content (AvgIpc) is 2.87. The monoisotopic (exact) mass is 478 g/mol. The Morgan fingerprint density at radius 1 is 0.556 bits per heavy atom. The molecule has 4 aromatic rings. The number of benzene rings is 2. The van der Waals surface area contributed by atoms with Crippen molar-refractivity contribution in [2.75, 3.05) is 37.0 Å². The first-order valence-electron chi connectivity index (χ1n) is 12.6. The third-order valence-electron chi connectivity index (χ3n) is 7.32. The fourth-order valence-corrected chi connectivity index (χ4v) is 4.71. The number of hydrogen-bond donors (Lipinski definition) is 0. The van der Waals surface area contributed by atoms with Gasteiger partial charge >= 0.3 is 0 Å². The Hall–Kier alpha value is -3.66. The van der Waals surface area contributed by atoms with Gasteiger partial charge in [0.05, 0.1) is 35.2 Å². The van der Waals surface area contributed by atoms with Gasteiger partial charge in [-0.25, -0.2) is 0 Å². The smallest absolute Gasteiger partial charge is 0.0706 e. The van der Waals surface area contributed by atoms with Crippen LogP contribution < -0.4 is 9.80 Å². The van der Waals surface area contributed by atoms with Crippen molar-refractivity contribution >= 4 is 11.4 Å². The Morgan fingerprint density at radius 3 is 1.28 bits per heavy atom. The van der Waals surface area contributed by atoms with Crippen molar-refractivity contribution in [1.82, 2.24) is 9.97 Å². The Balaban J connectivity index is 1.40. The molecule has 2 aromatic carbocycles. The summed E-state index contributed by atoms with van der Waals surface area (Å²) in [4.78, 5) is 14.1. The SMILES string of the molecule is Cc1cc(C)c(C)c(-c2ccc(N(C)CCN(C)c3ccc(-c4cc(C)cc(C)c4C)nc3)cn2)c1. The zero-order chi connectivity index (χ0) is 26.0. The molecule has 2 aromatic heterocycles. The van der Waals surface area contributed by atoms with E-state index in [1.165, 1.54) is 44.5 Å². The third-order valence-corrected chi connectivity index (χ3v) is 7.32. The minimum absolute atomic E-state index is 0.887. The van der Waals surface area contributed by atoms with E-state index in [0.29, 0.717) is 0 Å². The predicted octanol–water partition coefficient (Wildman–Crippen LogP) is 7.23. The van der Waals surface area contributed by atoms with Gasteiger partial charge in [-0.2, -0.15) is 0 Å². The average molecular weight is 479 g/mol. The molecule has 4 nitrogen and oxygen atoms in total. The lowest BCUT2D eigenvalue weighted by molar-refractivity contribution is 0.829. The molecule has 0 unspecified atom stereocenters. The van der Waals surface area contributed by atoms with Crippen molar-refractivity contribution in [3.8, 4) is 22.5 Å². The number of pyridine rings is 2. The molecular weight excluding hydrogens is 440 g/mol. The molecule has 36 heavy (non-hydrogen) atoms. The third kappa shape index (κ3) is 5.43. The van der Waals surface area contributed by atoms with Crippen molar-refractivity contribution in [2.45, 2.75) is 41.5 Å². The maximum Gasteiger partial charge on any atom is 0.0706 e. The normalized spacial score (nSPS) is 11.0. The van der Waals surface area contributed by atoms with E-state index in [4.69, 9.17) is 9.97 Å². The van der Waals surface area contributed by atoms with Gasteiger partial charge in [0.1, 0.15) is 0 Å². The molecule has 186 valence electrons. The van der Waals surface area contributed by atoms with Crippen LogP contribution in [0.4, 0.5) is 11.4 Å². The summed E-state index contributed by atoms with van der Waals surface area (Å²) >= 11 is 0. The number of aryl methyl sites for hydroxylation is 4. The van der Waals surface area contributed by atoms with Gasteiger partial charge in [0.2, 0.25) is 0 Å². The zero-order valence-corrected chi connectivity index (χ0v) is 23.0. The standard InChI is InChI=1S/C32H38N4/c1-21-15-23(3)25(5)29(17-21)31-11-9-27(19-33-31)35(7)13-14-36(8)28-10-12-32(34-20-28)30-18-22(2)16-24(4)26(30)6/h9-12,15-20H,13-14H2,1-8H3. The topological polar surface area (TPSA) is 32.3 Å². The van der Waals surface area contributed by atoms with Crippen molar-refractivity contribution in [3.05, 3.63) is 94.3 Å². The fraction of sp³-hybridized carbons (Fsp3) is 0.312. The van der Waals surface area contributed by atoms with Gasteiger partial charge in [-0.15, -0.1) is 0 Å². The molecule has 0 fully saturated rings. The second-order valence-corrected chi connectivity index (χ2v) is 10.2. The summed E-state index contributed by atoms with van der Waals surface area (Å²) in [7, 11) is 4.24. The van der Waals surface area contributed by atoms with E-state index in [2.05, 4.69) is 114 Å². The first-order chi connectivity index (χ1) is 17.1. The lowest BCUT2D eigenvalue weighted by Gasteiger charge is -2.25. The van der Waals surface area contributed by atoms with Gasteiger partial charge in [-0.3, -0.25) is 9.97 Å². The lowest BCUT2D eigenvalue weighted by atomic mass is 9.97. The zero-order valence-electron chi connectivity index (χ0n) is 23.0. The molecule has 4 heteroatoms. The van der Waals surface area contributed by atoms with Crippen LogP contribution in [0.25, 0.3) is 22.5 Å². The second-order valence-electron chi connectivity index (χ2n) is 10.2. The Labute approximate surface area is 216 Å². The highest BCUT2D eigenvalue weighted by Crippen LogP contribution is 2.28. The van der Waals surface area contributed by atoms with E-state index in [-0.39, 0.29) is 0 Å². The van der Waals surface area contributed by atoms with Gasteiger partial charge in [0, 0.05) is 38.3 Å². The van der Waals surface area contributed by atoms with Crippen LogP contribution in [0.3, 0.4) is 0 Å². The molecule has 0 N–H and O–H groups in total. The van der Waals surface area contributed by atoms with E-state index in [9.17, 15) is 0 Å². The van der Waals surface area contributed by atoms with Gasteiger partial charge in [-0.1, -0.05) is 23.3 Å². The highest BCUT2D eigenvalue weighted by Gasteiger charge is 2.11. The van der Waals surface area contributed by atoms with Crippen LogP contribution in [0.2, 0.25) is 0 Å². The molecule has 0 bridgehead atoms. The Bertz CT molecular complexity index is 1250. The first kappa shape index (κ1) is 25.4. The van der Waals surface area contributed by atoms with E-state index >= 15 is 0 Å². The molecule has 0 radical (unpaired) electrons. The van der Waals surface area contributed by atoms with Gasteiger partial charge in [0.15, 0.2) is 0 Å². The van der Waals surface area contributed by atoms with Crippen LogP contribution in [0.15, 0.2) is 60.9 Å². The van der Waals surface area contributed by atoms with Crippen LogP contribution in [0.5, 0.6) is 0 Å². The number of aromatic nitrogens is 2. The maximum absolute atomic E-state index is 4.79. The van der Waals surface area contributed by atoms with E-state index in [1.54, 1.807) is 0 Å². The summed E-state index contributed by atoms with van der Waals surface area (Å²) in [5.74, 6) is 0. The number of rotatable bonds is 7. The van der Waals surface area contributed by atoms with Crippen molar-refractivity contribution in [2.24, 2.45) is 0 Å². The maximum atomic E-state index is 4.79. The molecule has 0 saturated heterocycles. The van der Waals surface area contributed by atoms with Crippen molar-refractivity contribution < 1.29 is 0 Å². The van der Waals surface area contributed by atoms with Crippen LogP contribution in [0.1, 0.15) is 33.4 Å². The van der Waals surface area contributed by atoms with E-state index < -0.39 is 0 Å². The van der Waals surface area contributed by atoms with E-state index in [1.807, 2.05) is 12.4 Å². The Morgan fingerprint density at radius 2 is 0.944 bits per heavy atom. The van der Waals surface area contributed by atoms with E-state index in [0.717, 1.165) is 35.9 Å². The van der Waals surface area contributed by atoms with Crippen LogP contribution in [-0.4, -0.2) is 37.2 Å². The molecule has 0 aliphatic carbocycles. The summed E-state index contributed by atoms with van der Waals surface area (Å²) in [5.41, 5.74) is 14.5. The van der Waals surface area contributed by atoms with Crippen molar-refractivity contribution in [1.29, 1.82) is 0 Å². The summed E-state index contributed by atoms with van der Waals surface area (Å²) < 4.78 is 0. The predicted molar refractivity (Wildman–Crippen MR) is 154 cm³/mol. The molecule has 0 spiro atoms. The molecule has 2 heterocycles. The second kappa shape index (κ2) is 10.5. The lowest BCUT2D eigenvalue weighted by Crippen LogP contribution is -2.30. The summed E-state index contributed by atoms with van der Waals surface area (Å²) in [6.07, 6.45) is 3.96. The number of hydrogen-bond acceptors (Lipinski definition) is 4. The highest BCUT2D eigenvalue weighted by atomic mass is 15.2. The summed E-state index contributed by atoms with van der Waals surface area (Å²) in [6, 6.07) is 17.5. The number of nitrogens with zero attached hydrogens (tertiary/aromatic N) is 4. The molecule has 4 rings (SSSR count).